The summed E-state index contributed by atoms with van der Waals surface area (Å²) >= 11 is 3.23. The number of fused-ring (bicyclic) bond motifs is 1. The molecule has 1 unspecified atom stereocenters. The summed E-state index contributed by atoms with van der Waals surface area (Å²) in [5.41, 5.74) is -0.0624. The van der Waals surface area contributed by atoms with E-state index in [1.54, 1.807) is 6.20 Å². The van der Waals surface area contributed by atoms with Crippen LogP contribution < -0.4 is 10.2 Å². The molecule has 2 rings (SSSR count). The zero-order chi connectivity index (χ0) is 14.9. The summed E-state index contributed by atoms with van der Waals surface area (Å²) in [6.45, 7) is 2.80. The van der Waals surface area contributed by atoms with Crippen LogP contribution in [0.3, 0.4) is 0 Å². The van der Waals surface area contributed by atoms with Crippen molar-refractivity contribution in [3.8, 4) is 5.75 Å². The first-order chi connectivity index (χ1) is 9.44. The third kappa shape index (κ3) is 2.52. The maximum atomic E-state index is 12.1. The Morgan fingerprint density at radius 2 is 2.30 bits per heavy atom. The van der Waals surface area contributed by atoms with Crippen molar-refractivity contribution in [2.45, 2.75) is 38.8 Å². The number of hydrogen-bond acceptors (Lipinski definition) is 4. The smallest absolute Gasteiger partial charge is 0.237 e. The lowest BCUT2D eigenvalue weighted by Crippen LogP contribution is -2.36. The summed E-state index contributed by atoms with van der Waals surface area (Å²) in [5, 5.41) is 19.7. The van der Waals surface area contributed by atoms with Crippen LogP contribution >= 0.6 is 15.9 Å². The molecule has 0 amide bonds. The van der Waals surface area contributed by atoms with Gasteiger partial charge < -0.3 is 19.5 Å². The van der Waals surface area contributed by atoms with Crippen molar-refractivity contribution in [2.24, 2.45) is 5.41 Å². The lowest BCUT2D eigenvalue weighted by Gasteiger charge is -2.41. The molecule has 0 bridgehead atoms. The van der Waals surface area contributed by atoms with E-state index in [4.69, 9.17) is 9.84 Å². The topological polar surface area (TPSA) is 71.7 Å². The van der Waals surface area contributed by atoms with Crippen molar-refractivity contribution in [3.63, 3.8) is 0 Å². The van der Waals surface area contributed by atoms with Crippen LogP contribution in [0.25, 0.3) is 0 Å². The fraction of sp³-hybridized carbons (Fsp3) is 0.643. The van der Waals surface area contributed by atoms with Crippen molar-refractivity contribution < 1.29 is 14.9 Å². The molecule has 1 aromatic rings. The Bertz CT molecular complexity index is 557. The number of methoxy groups -OCH3 is 1. The molecule has 5 nitrogen and oxygen atoms in total. The average molecular weight is 346 g/mol. The summed E-state index contributed by atoms with van der Waals surface area (Å²) in [6.07, 6.45) is 3.06. The van der Waals surface area contributed by atoms with E-state index in [2.05, 4.69) is 15.9 Å². The molecule has 1 aliphatic rings. The zero-order valence-corrected chi connectivity index (χ0v) is 13.3. The number of pyridine rings is 1. The highest BCUT2D eigenvalue weighted by molar-refractivity contribution is 9.10. The minimum absolute atomic E-state index is 0.104. The number of hydrogen-bond donors (Lipinski definition) is 2. The van der Waals surface area contributed by atoms with Gasteiger partial charge in [-0.25, -0.2) is 0 Å². The minimum Gasteiger partial charge on any atom is -0.491 e. The van der Waals surface area contributed by atoms with Crippen LogP contribution in [0.2, 0.25) is 0 Å². The Labute approximate surface area is 126 Å². The molecule has 0 aliphatic carbocycles. The molecule has 2 heterocycles. The highest BCUT2D eigenvalue weighted by Gasteiger charge is 2.40. The summed E-state index contributed by atoms with van der Waals surface area (Å²) in [7, 11) is 1.44. The van der Waals surface area contributed by atoms with Crippen LogP contribution in [0.4, 0.5) is 0 Å². The van der Waals surface area contributed by atoms with Crippen LogP contribution in [-0.4, -0.2) is 28.5 Å². The molecule has 0 fully saturated rings. The Morgan fingerprint density at radius 1 is 1.60 bits per heavy atom. The van der Waals surface area contributed by atoms with E-state index in [1.807, 2.05) is 11.5 Å². The summed E-state index contributed by atoms with van der Waals surface area (Å²) < 4.78 is 7.52. The number of ether oxygens (including phenoxy) is 1. The molecule has 1 aromatic heterocycles. The lowest BCUT2D eigenvalue weighted by molar-refractivity contribution is -0.00860. The van der Waals surface area contributed by atoms with Gasteiger partial charge in [-0.3, -0.25) is 4.79 Å². The first kappa shape index (κ1) is 15.5. The van der Waals surface area contributed by atoms with Crippen molar-refractivity contribution in [1.82, 2.24) is 4.57 Å². The highest BCUT2D eigenvalue weighted by Crippen LogP contribution is 2.46. The Balaban J connectivity index is 2.50. The normalized spacial score (nSPS) is 25.4. The van der Waals surface area contributed by atoms with Crippen LogP contribution in [0, 0.1) is 5.41 Å². The molecule has 0 saturated heterocycles. The van der Waals surface area contributed by atoms with Gasteiger partial charge in [0.2, 0.25) is 5.43 Å². The van der Waals surface area contributed by atoms with E-state index < -0.39 is 6.10 Å². The quantitative estimate of drug-likeness (QED) is 0.873. The molecule has 6 heteroatoms. The molecule has 0 spiro atoms. The highest BCUT2D eigenvalue weighted by atomic mass is 79.9. The van der Waals surface area contributed by atoms with Gasteiger partial charge in [-0.1, -0.05) is 6.92 Å². The van der Waals surface area contributed by atoms with E-state index in [1.165, 1.54) is 7.11 Å². The van der Waals surface area contributed by atoms with Gasteiger partial charge >= 0.3 is 0 Å². The fourth-order valence-electron chi connectivity index (χ4n) is 2.87. The fourth-order valence-corrected chi connectivity index (χ4v) is 3.30. The first-order valence-electron chi connectivity index (χ1n) is 6.70. The molecule has 20 heavy (non-hydrogen) atoms. The number of nitrogens with zero attached hydrogens (tertiary/aromatic N) is 1. The van der Waals surface area contributed by atoms with E-state index in [0.717, 1.165) is 6.42 Å². The predicted molar refractivity (Wildman–Crippen MR) is 79.0 cm³/mol. The number of halogens is 1. The second-order valence-corrected chi connectivity index (χ2v) is 6.41. The molecular formula is C14H20BrNO4. The van der Waals surface area contributed by atoms with Gasteiger partial charge in [-0.2, -0.15) is 0 Å². The molecule has 2 N–H and O–H groups in total. The maximum absolute atomic E-state index is 12.1. The second-order valence-electron chi connectivity index (χ2n) is 5.55. The number of aromatic nitrogens is 1. The van der Waals surface area contributed by atoms with Crippen LogP contribution in [0.15, 0.2) is 15.5 Å². The molecular weight excluding hydrogens is 326 g/mol. The van der Waals surface area contributed by atoms with Gasteiger partial charge in [-0.05, 0) is 35.2 Å². The van der Waals surface area contributed by atoms with Gasteiger partial charge in [0.25, 0.3) is 0 Å². The molecule has 0 radical (unpaired) electrons. The van der Waals surface area contributed by atoms with Crippen LogP contribution in [0.1, 0.15) is 38.0 Å². The average Bonchev–Trinajstić information content (AvgIpc) is 2.43. The zero-order valence-electron chi connectivity index (χ0n) is 11.7. The number of aliphatic hydroxyl groups is 2. The number of aryl methyl sites for hydroxylation is 1. The summed E-state index contributed by atoms with van der Waals surface area (Å²) in [6, 6.07) is 0. The van der Waals surface area contributed by atoms with Crippen LogP contribution in [0.5, 0.6) is 5.75 Å². The molecule has 0 saturated carbocycles. The van der Waals surface area contributed by atoms with Gasteiger partial charge in [0, 0.05) is 24.8 Å². The van der Waals surface area contributed by atoms with E-state index >= 15 is 0 Å². The monoisotopic (exact) mass is 345 g/mol. The standard InChI is InChI=1S/C14H20BrNO4/c1-14(4-3-7-17)5-6-16-8-9(15)11(18)12(20-2)10(16)13(14)19/h8,13,17,19H,3-7H2,1-2H3/t13?,14-/m0/s1. The molecule has 112 valence electrons. The van der Waals surface area contributed by atoms with Gasteiger partial charge in [0.15, 0.2) is 5.75 Å². The lowest BCUT2D eigenvalue weighted by atomic mass is 9.73. The second kappa shape index (κ2) is 5.87. The van der Waals surface area contributed by atoms with Crippen molar-refractivity contribution >= 4 is 15.9 Å². The van der Waals surface area contributed by atoms with E-state index in [0.29, 0.717) is 29.6 Å². The summed E-state index contributed by atoms with van der Waals surface area (Å²) in [4.78, 5) is 12.1. The Morgan fingerprint density at radius 3 is 2.90 bits per heavy atom. The predicted octanol–water partition coefficient (Wildman–Crippen LogP) is 1.84. The molecule has 1 aliphatic heterocycles. The molecule has 2 atom stereocenters. The van der Waals surface area contributed by atoms with Gasteiger partial charge in [0.1, 0.15) is 6.10 Å². The van der Waals surface area contributed by atoms with Gasteiger partial charge in [-0.15, -0.1) is 0 Å². The largest absolute Gasteiger partial charge is 0.491 e. The minimum atomic E-state index is -0.779. The third-order valence-corrected chi connectivity index (χ3v) is 4.75. The van der Waals surface area contributed by atoms with Gasteiger partial charge in [0.05, 0.1) is 17.3 Å². The van der Waals surface area contributed by atoms with E-state index in [9.17, 15) is 9.90 Å². The van der Waals surface area contributed by atoms with E-state index in [-0.39, 0.29) is 23.2 Å². The molecule has 0 aromatic carbocycles. The SMILES string of the molecule is COc1c2n(cc(Br)c1=O)CC[C@](C)(CCCO)C2O. The first-order valence-corrected chi connectivity index (χ1v) is 7.49. The number of rotatable bonds is 4. The van der Waals surface area contributed by atoms with Crippen molar-refractivity contribution in [3.05, 3.63) is 26.6 Å². The van der Waals surface area contributed by atoms with Crippen molar-refractivity contribution in [2.75, 3.05) is 13.7 Å². The Hall–Kier alpha value is -0.850. The number of aliphatic hydroxyl groups excluding tert-OH is 2. The Kier molecular flexibility index (Phi) is 4.56. The van der Waals surface area contributed by atoms with Crippen LogP contribution in [-0.2, 0) is 6.54 Å². The third-order valence-electron chi connectivity index (χ3n) is 4.19. The van der Waals surface area contributed by atoms with Crippen molar-refractivity contribution in [1.29, 1.82) is 0 Å². The summed E-state index contributed by atoms with van der Waals surface area (Å²) in [5.74, 6) is 0.196. The maximum Gasteiger partial charge on any atom is 0.237 e.